The van der Waals surface area contributed by atoms with Gasteiger partial charge < -0.3 is 10.1 Å². The van der Waals surface area contributed by atoms with E-state index in [1.807, 2.05) is 50.4 Å². The molecule has 5 heteroatoms. The number of carbonyl (C=O) groups excluding carboxylic acids is 1. The molecule has 0 saturated heterocycles. The minimum Gasteiger partial charge on any atom is -0.484 e. The van der Waals surface area contributed by atoms with Gasteiger partial charge in [-0.05, 0) is 32.4 Å². The summed E-state index contributed by atoms with van der Waals surface area (Å²) in [5.41, 5.74) is 0.719. The van der Waals surface area contributed by atoms with Crippen LogP contribution >= 0.6 is 11.3 Å². The van der Waals surface area contributed by atoms with Crippen LogP contribution in [0.5, 0.6) is 5.75 Å². The van der Waals surface area contributed by atoms with Gasteiger partial charge in [-0.3, -0.25) is 4.79 Å². The molecule has 0 radical (unpaired) electrons. The number of hydrogen-bond acceptors (Lipinski definition) is 4. The third-order valence-corrected chi connectivity index (χ3v) is 4.45. The number of nitrogens with one attached hydrogen (secondary N) is 1. The summed E-state index contributed by atoms with van der Waals surface area (Å²) in [4.78, 5) is 16.4. The molecule has 1 heterocycles. The van der Waals surface area contributed by atoms with Gasteiger partial charge in [0.15, 0.2) is 6.61 Å². The van der Waals surface area contributed by atoms with Crippen molar-refractivity contribution in [1.29, 1.82) is 0 Å². The van der Waals surface area contributed by atoms with Gasteiger partial charge in [0.2, 0.25) is 0 Å². The Morgan fingerprint density at radius 1 is 1.38 bits per heavy atom. The molecule has 1 atom stereocenters. The molecule has 0 saturated carbocycles. The molecule has 1 aromatic carbocycles. The number of nitrogens with zero attached hydrogens (tertiary/aromatic N) is 1. The van der Waals surface area contributed by atoms with Gasteiger partial charge in [-0.1, -0.05) is 24.6 Å². The second-order valence-electron chi connectivity index (χ2n) is 5.17. The highest BCUT2D eigenvalue weighted by Gasteiger charge is 2.29. The average Bonchev–Trinajstić information content (AvgIpc) is 3.01. The maximum Gasteiger partial charge on any atom is 0.258 e. The Labute approximate surface area is 129 Å². The SMILES string of the molecule is CC[C@](C)(NC(=O)COc1ccc(C)cc1)c1nccs1. The Bertz CT molecular complexity index is 581. The van der Waals surface area contributed by atoms with Gasteiger partial charge in [0.05, 0.1) is 5.54 Å². The average molecular weight is 304 g/mol. The molecular formula is C16H20N2O2S. The van der Waals surface area contributed by atoms with E-state index in [1.54, 1.807) is 17.5 Å². The number of rotatable bonds is 6. The van der Waals surface area contributed by atoms with Crippen LogP contribution in [0.25, 0.3) is 0 Å². The third kappa shape index (κ3) is 4.04. The molecule has 0 aliphatic rings. The number of amides is 1. The summed E-state index contributed by atoms with van der Waals surface area (Å²) in [5, 5.41) is 5.84. The van der Waals surface area contributed by atoms with E-state index < -0.39 is 5.54 Å². The summed E-state index contributed by atoms with van der Waals surface area (Å²) < 4.78 is 5.50. The minimum absolute atomic E-state index is 0.00399. The van der Waals surface area contributed by atoms with Crippen molar-refractivity contribution < 1.29 is 9.53 Å². The van der Waals surface area contributed by atoms with E-state index in [1.165, 1.54) is 0 Å². The smallest absolute Gasteiger partial charge is 0.258 e. The lowest BCUT2D eigenvalue weighted by Gasteiger charge is -2.27. The molecule has 1 N–H and O–H groups in total. The largest absolute Gasteiger partial charge is 0.484 e. The molecule has 0 spiro atoms. The van der Waals surface area contributed by atoms with Gasteiger partial charge in [0, 0.05) is 11.6 Å². The Morgan fingerprint density at radius 3 is 2.67 bits per heavy atom. The summed E-state index contributed by atoms with van der Waals surface area (Å²) in [6.07, 6.45) is 2.53. The number of benzene rings is 1. The fourth-order valence-corrected chi connectivity index (χ4v) is 2.74. The molecule has 1 aromatic heterocycles. The first-order valence-corrected chi connectivity index (χ1v) is 7.82. The molecule has 21 heavy (non-hydrogen) atoms. The molecule has 0 bridgehead atoms. The number of carbonyl (C=O) groups is 1. The summed E-state index contributed by atoms with van der Waals surface area (Å²) in [6.45, 7) is 6.03. The second-order valence-corrected chi connectivity index (χ2v) is 6.07. The van der Waals surface area contributed by atoms with Gasteiger partial charge >= 0.3 is 0 Å². The monoisotopic (exact) mass is 304 g/mol. The van der Waals surface area contributed by atoms with Crippen LogP contribution in [0.15, 0.2) is 35.8 Å². The van der Waals surface area contributed by atoms with Gasteiger partial charge in [-0.25, -0.2) is 4.98 Å². The zero-order valence-corrected chi connectivity index (χ0v) is 13.4. The summed E-state index contributed by atoms with van der Waals surface area (Å²) in [5.74, 6) is 0.554. The first kappa shape index (κ1) is 15.5. The first-order valence-electron chi connectivity index (χ1n) is 6.94. The molecule has 2 aromatic rings. The van der Waals surface area contributed by atoms with Gasteiger partial charge in [-0.15, -0.1) is 11.3 Å². The van der Waals surface area contributed by atoms with E-state index in [2.05, 4.69) is 10.3 Å². The molecule has 0 aliphatic heterocycles. The van der Waals surface area contributed by atoms with Crippen molar-refractivity contribution in [2.45, 2.75) is 32.7 Å². The molecule has 112 valence electrons. The molecule has 2 rings (SSSR count). The van der Waals surface area contributed by atoms with Crippen LogP contribution in [-0.2, 0) is 10.3 Å². The number of aromatic nitrogens is 1. The van der Waals surface area contributed by atoms with E-state index in [0.717, 1.165) is 17.0 Å². The van der Waals surface area contributed by atoms with Crippen molar-refractivity contribution in [2.24, 2.45) is 0 Å². The predicted molar refractivity (Wildman–Crippen MR) is 84.6 cm³/mol. The lowest BCUT2D eigenvalue weighted by molar-refractivity contribution is -0.125. The molecular weight excluding hydrogens is 284 g/mol. The van der Waals surface area contributed by atoms with Gasteiger partial charge in [0.25, 0.3) is 5.91 Å². The number of hydrogen-bond donors (Lipinski definition) is 1. The molecule has 4 nitrogen and oxygen atoms in total. The summed E-state index contributed by atoms with van der Waals surface area (Å²) in [6, 6.07) is 7.64. The Hall–Kier alpha value is -1.88. The number of aryl methyl sites for hydroxylation is 1. The number of ether oxygens (including phenoxy) is 1. The van der Waals surface area contributed by atoms with Crippen molar-refractivity contribution in [2.75, 3.05) is 6.61 Å². The summed E-state index contributed by atoms with van der Waals surface area (Å²) >= 11 is 1.55. The van der Waals surface area contributed by atoms with E-state index in [4.69, 9.17) is 4.74 Å². The molecule has 0 unspecified atom stereocenters. The Morgan fingerprint density at radius 2 is 2.10 bits per heavy atom. The predicted octanol–water partition coefficient (Wildman–Crippen LogP) is 3.27. The standard InChI is InChI=1S/C16H20N2O2S/c1-4-16(3,15-17-9-10-21-15)18-14(19)11-20-13-7-5-12(2)6-8-13/h5-10H,4,11H2,1-3H3,(H,18,19)/t16-/m0/s1. The lowest BCUT2D eigenvalue weighted by Crippen LogP contribution is -2.45. The Balaban J connectivity index is 1.93. The maximum atomic E-state index is 12.1. The highest BCUT2D eigenvalue weighted by Crippen LogP contribution is 2.26. The number of thiazole rings is 1. The zero-order chi connectivity index (χ0) is 15.3. The van der Waals surface area contributed by atoms with Crippen molar-refractivity contribution in [1.82, 2.24) is 10.3 Å². The van der Waals surface area contributed by atoms with Gasteiger partial charge in [0.1, 0.15) is 10.8 Å². The fourth-order valence-electron chi connectivity index (χ4n) is 1.92. The van der Waals surface area contributed by atoms with E-state index in [0.29, 0.717) is 5.75 Å². The topological polar surface area (TPSA) is 51.2 Å². The molecule has 0 fully saturated rings. The Kier molecular flexibility index (Phi) is 4.96. The normalized spacial score (nSPS) is 13.5. The van der Waals surface area contributed by atoms with Crippen molar-refractivity contribution >= 4 is 17.2 Å². The van der Waals surface area contributed by atoms with Crippen molar-refractivity contribution in [3.05, 3.63) is 46.4 Å². The first-order chi connectivity index (χ1) is 10.0. The molecule has 1 amide bonds. The summed E-state index contributed by atoms with van der Waals surface area (Å²) in [7, 11) is 0. The quantitative estimate of drug-likeness (QED) is 0.891. The van der Waals surface area contributed by atoms with E-state index in [-0.39, 0.29) is 12.5 Å². The minimum atomic E-state index is -0.443. The van der Waals surface area contributed by atoms with Crippen LogP contribution in [0.2, 0.25) is 0 Å². The highest BCUT2D eigenvalue weighted by molar-refractivity contribution is 7.09. The maximum absolute atomic E-state index is 12.1. The second kappa shape index (κ2) is 6.72. The van der Waals surface area contributed by atoms with Crippen LogP contribution in [0.4, 0.5) is 0 Å². The fraction of sp³-hybridized carbons (Fsp3) is 0.375. The van der Waals surface area contributed by atoms with Crippen molar-refractivity contribution in [3.8, 4) is 5.75 Å². The van der Waals surface area contributed by atoms with E-state index >= 15 is 0 Å². The highest BCUT2D eigenvalue weighted by atomic mass is 32.1. The van der Waals surface area contributed by atoms with Crippen LogP contribution < -0.4 is 10.1 Å². The van der Waals surface area contributed by atoms with Crippen LogP contribution in [0.3, 0.4) is 0 Å². The van der Waals surface area contributed by atoms with Crippen LogP contribution in [0.1, 0.15) is 30.8 Å². The lowest BCUT2D eigenvalue weighted by atomic mass is 10.00. The molecule has 0 aliphatic carbocycles. The zero-order valence-electron chi connectivity index (χ0n) is 12.6. The van der Waals surface area contributed by atoms with Crippen LogP contribution in [-0.4, -0.2) is 17.5 Å². The van der Waals surface area contributed by atoms with Gasteiger partial charge in [-0.2, -0.15) is 0 Å². The van der Waals surface area contributed by atoms with E-state index in [9.17, 15) is 4.79 Å². The third-order valence-electron chi connectivity index (χ3n) is 3.42. The van der Waals surface area contributed by atoms with Crippen molar-refractivity contribution in [3.63, 3.8) is 0 Å². The van der Waals surface area contributed by atoms with Crippen LogP contribution in [0, 0.1) is 6.92 Å².